The molecule has 0 saturated heterocycles. The summed E-state index contributed by atoms with van der Waals surface area (Å²) in [6.07, 6.45) is 1.36. The van der Waals surface area contributed by atoms with Crippen molar-refractivity contribution in [3.8, 4) is 0 Å². The van der Waals surface area contributed by atoms with Crippen molar-refractivity contribution in [2.45, 2.75) is 38.5 Å². The standard InChI is InChI=1S/C12H17NO3S/c1-4-11(5-2)13-16-17(14,15)12-9-7-6-8-10(12)3/h6-9H,4-5H2,1-3H3. The molecule has 0 amide bonds. The maximum atomic E-state index is 11.9. The fourth-order valence-electron chi connectivity index (χ4n) is 1.36. The van der Waals surface area contributed by atoms with E-state index in [0.29, 0.717) is 18.4 Å². The highest BCUT2D eigenvalue weighted by Gasteiger charge is 2.17. The first-order valence-electron chi connectivity index (χ1n) is 5.56. The van der Waals surface area contributed by atoms with E-state index in [2.05, 4.69) is 5.16 Å². The molecule has 17 heavy (non-hydrogen) atoms. The minimum atomic E-state index is -3.79. The van der Waals surface area contributed by atoms with Crippen LogP contribution in [0.1, 0.15) is 32.3 Å². The minimum Gasteiger partial charge on any atom is -0.265 e. The summed E-state index contributed by atoms with van der Waals surface area (Å²) in [6, 6.07) is 6.67. The smallest absolute Gasteiger partial charge is 0.265 e. The second-order valence-corrected chi connectivity index (χ2v) is 5.16. The van der Waals surface area contributed by atoms with E-state index in [1.165, 1.54) is 6.07 Å². The Kier molecular flexibility index (Phi) is 4.69. The topological polar surface area (TPSA) is 55.7 Å². The Bertz CT molecular complexity index is 500. The largest absolute Gasteiger partial charge is 0.358 e. The van der Waals surface area contributed by atoms with Gasteiger partial charge in [-0.05, 0) is 31.4 Å². The zero-order valence-corrected chi connectivity index (χ0v) is 11.1. The van der Waals surface area contributed by atoms with Crippen LogP contribution in [0.25, 0.3) is 0 Å². The second-order valence-electron chi connectivity index (χ2n) is 3.66. The van der Waals surface area contributed by atoms with Crippen LogP contribution in [0.4, 0.5) is 0 Å². The molecule has 0 aliphatic carbocycles. The normalized spacial score (nSPS) is 11.0. The van der Waals surface area contributed by atoms with Crippen molar-refractivity contribution < 1.29 is 12.7 Å². The molecule has 0 aromatic heterocycles. The number of oxime groups is 1. The van der Waals surface area contributed by atoms with Gasteiger partial charge in [-0.15, -0.1) is 0 Å². The zero-order chi connectivity index (χ0) is 12.9. The summed E-state index contributed by atoms with van der Waals surface area (Å²) in [5, 5.41) is 3.68. The van der Waals surface area contributed by atoms with Crippen molar-refractivity contribution in [2.75, 3.05) is 0 Å². The van der Waals surface area contributed by atoms with Crippen LogP contribution < -0.4 is 0 Å². The molecule has 0 fully saturated rings. The van der Waals surface area contributed by atoms with Crippen LogP contribution in [0.3, 0.4) is 0 Å². The van der Waals surface area contributed by atoms with E-state index in [-0.39, 0.29) is 4.90 Å². The van der Waals surface area contributed by atoms with Crippen LogP contribution in [0.5, 0.6) is 0 Å². The Morgan fingerprint density at radius 1 is 1.24 bits per heavy atom. The monoisotopic (exact) mass is 255 g/mol. The van der Waals surface area contributed by atoms with E-state index in [0.717, 1.165) is 5.71 Å². The fraction of sp³-hybridized carbons (Fsp3) is 0.417. The Balaban J connectivity index is 2.98. The van der Waals surface area contributed by atoms with Gasteiger partial charge in [0.2, 0.25) is 0 Å². The van der Waals surface area contributed by atoms with Crippen LogP contribution in [0, 0.1) is 6.92 Å². The summed E-state index contributed by atoms with van der Waals surface area (Å²) >= 11 is 0. The second kappa shape index (κ2) is 5.82. The molecule has 1 aromatic rings. The van der Waals surface area contributed by atoms with Crippen molar-refractivity contribution >= 4 is 15.8 Å². The average Bonchev–Trinajstić information content (AvgIpc) is 2.30. The fourth-order valence-corrected chi connectivity index (χ4v) is 2.35. The first-order chi connectivity index (χ1) is 8.01. The summed E-state index contributed by atoms with van der Waals surface area (Å²) < 4.78 is 28.4. The molecule has 0 saturated carbocycles. The van der Waals surface area contributed by atoms with E-state index in [9.17, 15) is 8.42 Å². The number of rotatable bonds is 5. The van der Waals surface area contributed by atoms with E-state index in [1.807, 2.05) is 13.8 Å². The van der Waals surface area contributed by atoms with Gasteiger partial charge in [0, 0.05) is 0 Å². The third-order valence-corrected chi connectivity index (χ3v) is 3.71. The van der Waals surface area contributed by atoms with Crippen molar-refractivity contribution in [3.05, 3.63) is 29.8 Å². The molecule has 0 radical (unpaired) electrons. The predicted molar refractivity (Wildman–Crippen MR) is 67.5 cm³/mol. The van der Waals surface area contributed by atoms with Crippen molar-refractivity contribution in [1.82, 2.24) is 0 Å². The van der Waals surface area contributed by atoms with Crippen molar-refractivity contribution in [1.29, 1.82) is 0 Å². The van der Waals surface area contributed by atoms with Gasteiger partial charge in [0.25, 0.3) is 0 Å². The summed E-state index contributed by atoms with van der Waals surface area (Å²) in [6.45, 7) is 5.54. The van der Waals surface area contributed by atoms with Gasteiger partial charge in [-0.25, -0.2) is 0 Å². The first-order valence-corrected chi connectivity index (χ1v) is 6.97. The lowest BCUT2D eigenvalue weighted by Crippen LogP contribution is -2.06. The number of aryl methyl sites for hydroxylation is 1. The molecule has 0 N–H and O–H groups in total. The van der Waals surface area contributed by atoms with Crippen molar-refractivity contribution in [2.24, 2.45) is 5.16 Å². The highest BCUT2D eigenvalue weighted by atomic mass is 32.2. The first kappa shape index (κ1) is 13.7. The molecule has 0 bridgehead atoms. The van der Waals surface area contributed by atoms with Crippen LogP contribution in [-0.4, -0.2) is 14.1 Å². The molecule has 0 aliphatic rings. The maximum absolute atomic E-state index is 11.9. The van der Waals surface area contributed by atoms with Gasteiger partial charge in [0.1, 0.15) is 4.90 Å². The number of hydrogen-bond acceptors (Lipinski definition) is 4. The number of hydrogen-bond donors (Lipinski definition) is 0. The molecular formula is C12H17NO3S. The Hall–Kier alpha value is -1.36. The van der Waals surface area contributed by atoms with Gasteiger partial charge in [0.05, 0.1) is 5.71 Å². The molecule has 4 nitrogen and oxygen atoms in total. The summed E-state index contributed by atoms with van der Waals surface area (Å²) in [4.78, 5) is 0.162. The third-order valence-electron chi connectivity index (χ3n) is 2.44. The van der Waals surface area contributed by atoms with Gasteiger partial charge >= 0.3 is 10.1 Å². The van der Waals surface area contributed by atoms with E-state index in [4.69, 9.17) is 4.28 Å². The van der Waals surface area contributed by atoms with Gasteiger partial charge in [-0.2, -0.15) is 8.42 Å². The van der Waals surface area contributed by atoms with E-state index in [1.54, 1.807) is 25.1 Å². The molecule has 0 heterocycles. The van der Waals surface area contributed by atoms with Crippen LogP contribution >= 0.6 is 0 Å². The number of nitrogens with zero attached hydrogens (tertiary/aromatic N) is 1. The summed E-state index contributed by atoms with van der Waals surface area (Å²) in [7, 11) is -3.79. The quantitative estimate of drug-likeness (QED) is 0.600. The lowest BCUT2D eigenvalue weighted by molar-refractivity contribution is 0.336. The molecule has 1 rings (SSSR count). The highest BCUT2D eigenvalue weighted by Crippen LogP contribution is 2.17. The Labute approximate surface area is 102 Å². The number of benzene rings is 1. The molecule has 94 valence electrons. The SMILES string of the molecule is CCC(CC)=NOS(=O)(=O)c1ccccc1C. The average molecular weight is 255 g/mol. The Morgan fingerprint density at radius 3 is 2.35 bits per heavy atom. The zero-order valence-electron chi connectivity index (χ0n) is 10.3. The molecule has 0 atom stereocenters. The minimum absolute atomic E-state index is 0.162. The summed E-state index contributed by atoms with van der Waals surface area (Å²) in [5.41, 5.74) is 1.37. The summed E-state index contributed by atoms with van der Waals surface area (Å²) in [5.74, 6) is 0. The Morgan fingerprint density at radius 2 is 1.82 bits per heavy atom. The van der Waals surface area contributed by atoms with Gasteiger partial charge in [0.15, 0.2) is 0 Å². The lowest BCUT2D eigenvalue weighted by Gasteiger charge is -2.05. The molecule has 0 spiro atoms. The molecule has 0 unspecified atom stereocenters. The van der Waals surface area contributed by atoms with Crippen LogP contribution in [-0.2, 0) is 14.4 Å². The maximum Gasteiger partial charge on any atom is 0.358 e. The molecular weight excluding hydrogens is 238 g/mol. The highest BCUT2D eigenvalue weighted by molar-refractivity contribution is 7.86. The third kappa shape index (κ3) is 3.56. The predicted octanol–water partition coefficient (Wildman–Crippen LogP) is 2.88. The van der Waals surface area contributed by atoms with Crippen LogP contribution in [0.15, 0.2) is 34.3 Å². The van der Waals surface area contributed by atoms with Crippen molar-refractivity contribution in [3.63, 3.8) is 0 Å². The van der Waals surface area contributed by atoms with E-state index < -0.39 is 10.1 Å². The van der Waals surface area contributed by atoms with Gasteiger partial charge in [-0.1, -0.05) is 37.2 Å². The van der Waals surface area contributed by atoms with E-state index >= 15 is 0 Å². The molecule has 1 aromatic carbocycles. The van der Waals surface area contributed by atoms with Gasteiger partial charge < -0.3 is 0 Å². The van der Waals surface area contributed by atoms with Crippen LogP contribution in [0.2, 0.25) is 0 Å². The molecule has 0 aliphatic heterocycles. The molecule has 5 heteroatoms. The lowest BCUT2D eigenvalue weighted by atomic mass is 10.2. The van der Waals surface area contributed by atoms with Gasteiger partial charge in [-0.3, -0.25) is 4.28 Å².